The highest BCUT2D eigenvalue weighted by Gasteiger charge is 2.33. The molecule has 2 aromatic heterocycles. The number of hydrogen-bond acceptors (Lipinski definition) is 15. The predicted molar refractivity (Wildman–Crippen MR) is 238 cm³/mol. The van der Waals surface area contributed by atoms with Gasteiger partial charge in [-0.2, -0.15) is 4.37 Å². The summed E-state index contributed by atoms with van der Waals surface area (Å²) in [4.78, 5) is 86.8. The van der Waals surface area contributed by atoms with Gasteiger partial charge >= 0.3 is 11.9 Å². The highest BCUT2D eigenvalue weighted by Crippen LogP contribution is 2.35. The lowest BCUT2D eigenvalue weighted by atomic mass is 9.98. The third-order valence-corrected chi connectivity index (χ3v) is 11.3. The Hall–Kier alpha value is -5.66. The van der Waals surface area contributed by atoms with Gasteiger partial charge < -0.3 is 49.3 Å². The molecule has 0 aliphatic carbocycles. The molecule has 1 fully saturated rings. The van der Waals surface area contributed by atoms with Crippen LogP contribution in [-0.2, 0) is 44.6 Å². The second kappa shape index (κ2) is 22.1. The van der Waals surface area contributed by atoms with Crippen LogP contribution in [0.1, 0.15) is 92.8 Å². The van der Waals surface area contributed by atoms with Gasteiger partial charge in [-0.1, -0.05) is 19.9 Å². The van der Waals surface area contributed by atoms with Gasteiger partial charge in [0, 0.05) is 74.1 Å². The fourth-order valence-corrected chi connectivity index (χ4v) is 7.90. The van der Waals surface area contributed by atoms with Crippen LogP contribution in [0, 0.1) is 13.8 Å². The maximum absolute atomic E-state index is 13.4. The van der Waals surface area contributed by atoms with Crippen LogP contribution in [0.5, 0.6) is 5.88 Å². The normalized spacial score (nSPS) is 14.9. The maximum atomic E-state index is 13.4. The molecule has 1 aromatic carbocycles. The first-order valence-electron chi connectivity index (χ1n) is 21.3. The zero-order valence-electron chi connectivity index (χ0n) is 37.5. The number of aromatic nitrogens is 3. The number of likely N-dealkylation sites (N-methyl/N-ethyl adjacent to an activating group) is 1. The van der Waals surface area contributed by atoms with Crippen molar-refractivity contribution in [2.45, 2.75) is 86.3 Å². The van der Waals surface area contributed by atoms with Gasteiger partial charge in [0.05, 0.1) is 49.0 Å². The molecule has 342 valence electrons. The van der Waals surface area contributed by atoms with Crippen molar-refractivity contribution in [2.24, 2.45) is 0 Å². The number of carbonyl (C=O) groups excluding carboxylic acids is 6. The predicted octanol–water partition coefficient (Wildman–Crippen LogP) is 3.96. The van der Waals surface area contributed by atoms with Gasteiger partial charge in [-0.05, 0) is 77.0 Å². The monoisotopic (exact) mass is 892 g/mol. The number of aromatic amines is 1. The zero-order valence-corrected chi connectivity index (χ0v) is 38.3. The molecule has 19 heteroatoms. The van der Waals surface area contributed by atoms with Gasteiger partial charge in [0.15, 0.2) is 12.7 Å². The molecule has 4 heterocycles. The summed E-state index contributed by atoms with van der Waals surface area (Å²) in [6, 6.07) is 5.27. The van der Waals surface area contributed by atoms with Crippen LogP contribution in [0.25, 0.3) is 11.6 Å². The second-order valence-electron chi connectivity index (χ2n) is 16.4. The Balaban J connectivity index is 1.24. The summed E-state index contributed by atoms with van der Waals surface area (Å²) in [5, 5.41) is 5.88. The number of Topliss-reactive ketones (excluding diaryl/α,β-unsaturated/α-hetero) is 1. The van der Waals surface area contributed by atoms with Gasteiger partial charge in [0.25, 0.3) is 23.6 Å². The molecule has 0 unspecified atom stereocenters. The summed E-state index contributed by atoms with van der Waals surface area (Å²) in [6.45, 7) is 19.0. The summed E-state index contributed by atoms with van der Waals surface area (Å²) in [5.41, 5.74) is 4.04. The largest absolute Gasteiger partial charge is 0.470 e. The summed E-state index contributed by atoms with van der Waals surface area (Å²) >= 11 is 0.978. The molecule has 18 nitrogen and oxygen atoms in total. The first-order valence-corrected chi connectivity index (χ1v) is 22.0. The quantitative estimate of drug-likeness (QED) is 0.102. The Morgan fingerprint density at radius 3 is 2.48 bits per heavy atom. The van der Waals surface area contributed by atoms with Crippen LogP contribution in [0.2, 0.25) is 0 Å². The minimum Gasteiger partial charge on any atom is -0.470 e. The average Bonchev–Trinajstić information content (AvgIpc) is 3.92. The maximum Gasteiger partial charge on any atom is 0.306 e. The number of carbonyl (C=O) groups is 6. The van der Waals surface area contributed by atoms with Crippen molar-refractivity contribution in [1.29, 1.82) is 0 Å². The molecule has 2 aliphatic heterocycles. The molecule has 1 saturated heterocycles. The van der Waals surface area contributed by atoms with Crippen LogP contribution in [-0.4, -0.2) is 143 Å². The standard InChI is InChI=1S/C44H60N8O10S/c1-9-50(10-2)16-15-45-42(58)39-27(3)36(46-28(39)4)23-34-33-22-30(11-13-35(33)47-41(34)57)21-31(54)12-14-38(56)62-32(24-52(44(6,7)8)37(55)26-60-29(5)53)25-61-43-40(48-63-49-43)51-17-19-59-20-18-51/h11,13,22-23,32,46H,9-10,12,14-21,24-26H2,1-8H3,(H,45,58)(H,47,57)/b34-23-/t32-/m0/s1. The number of esters is 2. The lowest BCUT2D eigenvalue weighted by Crippen LogP contribution is -2.52. The molecule has 3 amide bonds. The van der Waals surface area contributed by atoms with E-state index in [1.807, 2.05) is 18.7 Å². The number of benzene rings is 1. The van der Waals surface area contributed by atoms with Crippen molar-refractivity contribution in [3.05, 3.63) is 51.8 Å². The average molecular weight is 893 g/mol. The lowest BCUT2D eigenvalue weighted by molar-refractivity contribution is -0.159. The molecular formula is C44H60N8O10S. The summed E-state index contributed by atoms with van der Waals surface area (Å²) in [5.74, 6) is -1.71. The Morgan fingerprint density at radius 2 is 1.79 bits per heavy atom. The number of morpholine rings is 1. The van der Waals surface area contributed by atoms with Crippen LogP contribution in [0.4, 0.5) is 11.5 Å². The van der Waals surface area contributed by atoms with Crippen molar-refractivity contribution in [3.8, 4) is 5.88 Å². The molecule has 1 atom stereocenters. The molecule has 2 aliphatic rings. The molecule has 0 bridgehead atoms. The first-order chi connectivity index (χ1) is 30.0. The number of H-pyrrole nitrogens is 1. The van der Waals surface area contributed by atoms with Crippen molar-refractivity contribution >= 4 is 70.3 Å². The number of hydrogen-bond donors (Lipinski definition) is 3. The number of ketones is 1. The summed E-state index contributed by atoms with van der Waals surface area (Å²) < 4.78 is 31.1. The number of fused-ring (bicyclic) bond motifs is 1. The van der Waals surface area contributed by atoms with Crippen molar-refractivity contribution < 1.29 is 47.7 Å². The summed E-state index contributed by atoms with van der Waals surface area (Å²) in [7, 11) is 0. The molecular weight excluding hydrogens is 833 g/mol. The number of aryl methyl sites for hydroxylation is 1. The molecule has 0 saturated carbocycles. The molecule has 63 heavy (non-hydrogen) atoms. The van der Waals surface area contributed by atoms with Crippen LogP contribution in [0.15, 0.2) is 18.2 Å². The smallest absolute Gasteiger partial charge is 0.306 e. The van der Waals surface area contributed by atoms with E-state index in [0.29, 0.717) is 83.6 Å². The van der Waals surface area contributed by atoms with Crippen LogP contribution < -0.4 is 20.3 Å². The van der Waals surface area contributed by atoms with Gasteiger partial charge in [-0.3, -0.25) is 28.8 Å². The fraction of sp³-hybridized carbons (Fsp3) is 0.545. The number of ether oxygens (including phenoxy) is 4. The second-order valence-corrected chi connectivity index (χ2v) is 17.0. The van der Waals surface area contributed by atoms with Gasteiger partial charge in [-0.15, -0.1) is 4.37 Å². The highest BCUT2D eigenvalue weighted by atomic mass is 32.1. The van der Waals surface area contributed by atoms with E-state index in [1.165, 1.54) is 11.8 Å². The Kier molecular flexibility index (Phi) is 17.0. The molecule has 3 N–H and O–H groups in total. The van der Waals surface area contributed by atoms with E-state index in [1.54, 1.807) is 45.0 Å². The van der Waals surface area contributed by atoms with E-state index in [0.717, 1.165) is 31.4 Å². The minimum atomic E-state index is -0.991. The number of anilines is 2. The molecule has 3 aromatic rings. The van der Waals surface area contributed by atoms with E-state index in [-0.39, 0.29) is 55.9 Å². The molecule has 0 spiro atoms. The fourth-order valence-electron chi connectivity index (χ4n) is 7.38. The minimum absolute atomic E-state index is 0.00336. The van der Waals surface area contributed by atoms with Crippen molar-refractivity contribution in [2.75, 3.05) is 82.5 Å². The summed E-state index contributed by atoms with van der Waals surface area (Å²) in [6.07, 6.45) is 0.356. The van der Waals surface area contributed by atoms with E-state index >= 15 is 0 Å². The van der Waals surface area contributed by atoms with Gasteiger partial charge in [0.2, 0.25) is 5.82 Å². The van der Waals surface area contributed by atoms with Gasteiger partial charge in [0.1, 0.15) is 12.4 Å². The number of nitrogens with zero attached hydrogens (tertiary/aromatic N) is 5. The number of amides is 3. The molecule has 0 radical (unpaired) electrons. The van der Waals surface area contributed by atoms with E-state index < -0.39 is 36.1 Å². The SMILES string of the molecule is CCN(CC)CCNC(=O)c1c(C)[nH]c(/C=C2\C(=O)Nc3ccc(CC(=O)CCC(=O)O[C@H](COc4nsnc4N4CCOCC4)CN(C(=O)COC(C)=O)C(C)(C)C)cc32)c1C. The zero-order chi connectivity index (χ0) is 45.8. The number of rotatable bonds is 21. The third kappa shape index (κ3) is 13.2. The van der Waals surface area contributed by atoms with E-state index in [2.05, 4.69) is 43.1 Å². The van der Waals surface area contributed by atoms with Crippen molar-refractivity contribution in [1.82, 2.24) is 28.8 Å². The third-order valence-electron chi connectivity index (χ3n) is 10.8. The van der Waals surface area contributed by atoms with E-state index in [9.17, 15) is 28.8 Å². The lowest BCUT2D eigenvalue weighted by Gasteiger charge is -2.37. The topological polar surface area (TPSA) is 215 Å². The van der Waals surface area contributed by atoms with Crippen molar-refractivity contribution in [3.63, 3.8) is 0 Å². The molecule has 5 rings (SSSR count). The van der Waals surface area contributed by atoms with E-state index in [4.69, 9.17) is 18.9 Å². The number of nitrogens with one attached hydrogen (secondary N) is 3. The first kappa shape index (κ1) is 48.4. The highest BCUT2D eigenvalue weighted by molar-refractivity contribution is 6.99. The van der Waals surface area contributed by atoms with Crippen LogP contribution in [0.3, 0.4) is 0 Å². The Bertz CT molecular complexity index is 2170. The van der Waals surface area contributed by atoms with Crippen LogP contribution >= 0.6 is 11.7 Å². The van der Waals surface area contributed by atoms with Gasteiger partial charge in [-0.25, -0.2) is 0 Å². The Morgan fingerprint density at radius 1 is 1.06 bits per heavy atom. The Labute approximate surface area is 372 Å².